The zero-order chi connectivity index (χ0) is 22.8. The Labute approximate surface area is 193 Å². The molecule has 4 nitrogen and oxygen atoms in total. The van der Waals surface area contributed by atoms with Gasteiger partial charge in [0, 0.05) is 17.8 Å². The highest BCUT2D eigenvalue weighted by molar-refractivity contribution is 5.69. The van der Waals surface area contributed by atoms with Gasteiger partial charge in [-0.05, 0) is 43.6 Å². The van der Waals surface area contributed by atoms with E-state index in [0.717, 1.165) is 45.1 Å². The molecule has 1 aromatic rings. The van der Waals surface area contributed by atoms with E-state index in [-0.39, 0.29) is 23.6 Å². The zero-order valence-electron chi connectivity index (χ0n) is 19.7. The van der Waals surface area contributed by atoms with Crippen molar-refractivity contribution in [2.75, 3.05) is 13.7 Å². The van der Waals surface area contributed by atoms with Gasteiger partial charge in [0.25, 0.3) is 0 Å². The van der Waals surface area contributed by atoms with Crippen LogP contribution in [0.2, 0.25) is 0 Å². The van der Waals surface area contributed by atoms with Crippen molar-refractivity contribution < 1.29 is 19.4 Å². The largest absolute Gasteiger partial charge is 0.469 e. The number of allylic oxidation sites excluding steroid dienone is 2. The van der Waals surface area contributed by atoms with E-state index in [1.54, 1.807) is 0 Å². The second kappa shape index (κ2) is 12.4. The number of carbonyl (C=O) groups is 1. The highest BCUT2D eigenvalue weighted by Gasteiger charge is 2.58. The molecule has 2 aliphatic rings. The molecule has 1 heterocycles. The molecule has 176 valence electrons. The zero-order valence-corrected chi connectivity index (χ0v) is 19.7. The number of ether oxygens (including phenoxy) is 2. The fourth-order valence-corrected chi connectivity index (χ4v) is 5.48. The smallest absolute Gasteiger partial charge is 0.305 e. The molecule has 32 heavy (non-hydrogen) atoms. The van der Waals surface area contributed by atoms with Crippen LogP contribution in [0.25, 0.3) is 0 Å². The number of aliphatic hydroxyl groups is 1. The van der Waals surface area contributed by atoms with E-state index < -0.39 is 0 Å². The monoisotopic (exact) mass is 440 g/mol. The number of unbranched alkanes of at least 4 members (excludes halogenated alkanes) is 3. The minimum absolute atomic E-state index is 0.0322. The van der Waals surface area contributed by atoms with Gasteiger partial charge in [-0.15, -0.1) is 0 Å². The van der Waals surface area contributed by atoms with Crippen molar-refractivity contribution in [3.63, 3.8) is 0 Å². The lowest BCUT2D eigenvalue weighted by Gasteiger charge is -2.38. The van der Waals surface area contributed by atoms with Crippen LogP contribution >= 0.6 is 0 Å². The van der Waals surface area contributed by atoms with Crippen LogP contribution in [0, 0.1) is 11.8 Å². The first-order chi connectivity index (χ1) is 15.6. The van der Waals surface area contributed by atoms with Gasteiger partial charge in [0.15, 0.2) is 0 Å². The molecule has 1 saturated carbocycles. The summed E-state index contributed by atoms with van der Waals surface area (Å²) in [7, 11) is 1.44. The Morgan fingerprint density at radius 1 is 1.25 bits per heavy atom. The third-order valence-electron chi connectivity index (χ3n) is 7.27. The van der Waals surface area contributed by atoms with Gasteiger partial charge in [-0.1, -0.05) is 80.8 Å². The minimum Gasteiger partial charge on any atom is -0.469 e. The van der Waals surface area contributed by atoms with Gasteiger partial charge in [0.05, 0.1) is 25.9 Å². The topological polar surface area (TPSA) is 55.8 Å². The third-order valence-corrected chi connectivity index (χ3v) is 7.27. The molecule has 5 atom stereocenters. The lowest BCUT2D eigenvalue weighted by molar-refractivity contribution is -0.140. The van der Waals surface area contributed by atoms with E-state index in [9.17, 15) is 9.90 Å². The summed E-state index contributed by atoms with van der Waals surface area (Å²) >= 11 is 0. The lowest BCUT2D eigenvalue weighted by atomic mass is 9.69. The normalized spacial score (nSPS) is 28.0. The summed E-state index contributed by atoms with van der Waals surface area (Å²) in [6.45, 7) is 2.96. The molecule has 1 aliphatic carbocycles. The molecule has 1 aromatic carbocycles. The quantitative estimate of drug-likeness (QED) is 0.241. The number of carbonyl (C=O) groups excluding carboxylic acids is 1. The Hall–Kier alpha value is -1.91. The number of methoxy groups -OCH3 is 1. The van der Waals surface area contributed by atoms with Crippen LogP contribution in [0.15, 0.2) is 54.6 Å². The van der Waals surface area contributed by atoms with Crippen LogP contribution in [0.5, 0.6) is 0 Å². The Balaban J connectivity index is 1.69. The van der Waals surface area contributed by atoms with Gasteiger partial charge in [0.1, 0.15) is 0 Å². The van der Waals surface area contributed by atoms with Gasteiger partial charge in [0.2, 0.25) is 0 Å². The summed E-state index contributed by atoms with van der Waals surface area (Å²) in [6, 6.07) is 10.8. The first kappa shape index (κ1) is 24.7. The molecule has 0 unspecified atom stereocenters. The van der Waals surface area contributed by atoms with E-state index in [0.29, 0.717) is 18.3 Å². The lowest BCUT2D eigenvalue weighted by Crippen LogP contribution is -2.39. The first-order valence-electron chi connectivity index (χ1n) is 12.4. The molecule has 1 N–H and O–H groups in total. The molecule has 0 spiro atoms. The third kappa shape index (κ3) is 6.11. The molecular formula is C28H40O4. The van der Waals surface area contributed by atoms with Crippen LogP contribution in [-0.2, 0) is 19.7 Å². The number of hydrogen-bond donors (Lipinski definition) is 1. The number of benzene rings is 1. The molecular weight excluding hydrogens is 400 g/mol. The summed E-state index contributed by atoms with van der Waals surface area (Å²) in [5.74, 6) is 0.610. The van der Waals surface area contributed by atoms with Gasteiger partial charge in [-0.3, -0.25) is 4.79 Å². The molecule has 1 saturated heterocycles. The first-order valence-corrected chi connectivity index (χ1v) is 12.4. The minimum atomic E-state index is -0.372. The molecule has 4 heteroatoms. The van der Waals surface area contributed by atoms with E-state index in [1.165, 1.54) is 25.5 Å². The predicted molar refractivity (Wildman–Crippen MR) is 128 cm³/mol. The number of aliphatic hydroxyl groups excluding tert-OH is 1. The van der Waals surface area contributed by atoms with Gasteiger partial charge in [-0.2, -0.15) is 0 Å². The summed E-state index contributed by atoms with van der Waals surface area (Å²) in [4.78, 5) is 11.3. The van der Waals surface area contributed by atoms with E-state index in [4.69, 9.17) is 9.47 Å². The van der Waals surface area contributed by atoms with Crippen molar-refractivity contribution in [1.82, 2.24) is 0 Å². The molecule has 2 fully saturated rings. The average Bonchev–Trinajstić information content (AvgIpc) is 3.38. The molecule has 0 aromatic heterocycles. The average molecular weight is 441 g/mol. The van der Waals surface area contributed by atoms with Crippen LogP contribution in [0.3, 0.4) is 0 Å². The van der Waals surface area contributed by atoms with Crippen molar-refractivity contribution in [3.8, 4) is 0 Å². The molecule has 0 amide bonds. The molecule has 2 bridgehead atoms. The van der Waals surface area contributed by atoms with Gasteiger partial charge in [-0.25, -0.2) is 0 Å². The summed E-state index contributed by atoms with van der Waals surface area (Å²) in [6.07, 6.45) is 17.0. The Morgan fingerprint density at radius 3 is 2.81 bits per heavy atom. The predicted octanol–water partition coefficient (Wildman–Crippen LogP) is 5.75. The van der Waals surface area contributed by atoms with E-state index in [1.807, 2.05) is 6.08 Å². The summed E-state index contributed by atoms with van der Waals surface area (Å²) in [5, 5.41) is 10.4. The van der Waals surface area contributed by atoms with Crippen molar-refractivity contribution in [2.45, 2.75) is 82.3 Å². The van der Waals surface area contributed by atoms with Gasteiger partial charge < -0.3 is 14.6 Å². The number of fused-ring (bicyclic) bond motifs is 2. The van der Waals surface area contributed by atoms with Crippen molar-refractivity contribution in [1.29, 1.82) is 0 Å². The van der Waals surface area contributed by atoms with E-state index >= 15 is 0 Å². The summed E-state index contributed by atoms with van der Waals surface area (Å²) < 4.78 is 11.0. The standard InChI is InChI=1S/C28H40O4/c1-3-4-8-15-23(29)18-19-24-25(16-11-5-6-12-17-27(30)31-2)28(20-26(24)32-21-28)22-13-9-7-10-14-22/h5,7,9-11,13-14,18-19,23-26,29H,3-4,6,8,12,15-17,20-21H2,1-2H3/b11-5-,19-18+/t23-,24+,25+,26+,28+/m1/s1. The van der Waals surface area contributed by atoms with Gasteiger partial charge >= 0.3 is 5.97 Å². The van der Waals surface area contributed by atoms with Crippen LogP contribution in [0.1, 0.15) is 70.3 Å². The maximum Gasteiger partial charge on any atom is 0.305 e. The summed E-state index contributed by atoms with van der Waals surface area (Å²) in [5.41, 5.74) is 1.40. The maximum absolute atomic E-state index is 11.3. The Kier molecular flexibility index (Phi) is 9.55. The number of esters is 1. The highest BCUT2D eigenvalue weighted by Crippen LogP contribution is 2.57. The van der Waals surface area contributed by atoms with Crippen molar-refractivity contribution in [2.24, 2.45) is 11.8 Å². The highest BCUT2D eigenvalue weighted by atomic mass is 16.5. The van der Waals surface area contributed by atoms with Crippen LogP contribution < -0.4 is 0 Å². The second-order valence-corrected chi connectivity index (χ2v) is 9.38. The second-order valence-electron chi connectivity index (χ2n) is 9.38. The molecule has 1 aliphatic heterocycles. The van der Waals surface area contributed by atoms with E-state index in [2.05, 4.69) is 55.5 Å². The number of rotatable bonds is 13. The molecule has 3 rings (SSSR count). The van der Waals surface area contributed by atoms with Crippen molar-refractivity contribution >= 4 is 5.97 Å². The number of hydrogen-bond acceptors (Lipinski definition) is 4. The maximum atomic E-state index is 11.3. The Morgan fingerprint density at radius 2 is 2.06 bits per heavy atom. The van der Waals surface area contributed by atoms with Crippen LogP contribution in [0.4, 0.5) is 0 Å². The Bertz CT molecular complexity index is 756. The fraction of sp³-hybridized carbons (Fsp3) is 0.607. The van der Waals surface area contributed by atoms with Crippen molar-refractivity contribution in [3.05, 3.63) is 60.2 Å². The fourth-order valence-electron chi connectivity index (χ4n) is 5.48. The molecule has 0 radical (unpaired) electrons. The van der Waals surface area contributed by atoms with Crippen LogP contribution in [-0.4, -0.2) is 37.0 Å². The SMILES string of the molecule is CCCCC[C@@H](O)/C=C/[C@@H]1[C@@H]2C[C@@](c3ccccc3)(CO2)[C@H]1C/C=C\CCCC(=O)OC.